The van der Waals surface area contributed by atoms with Gasteiger partial charge >= 0.3 is 0 Å². The minimum atomic E-state index is -0.714. The van der Waals surface area contributed by atoms with Crippen molar-refractivity contribution < 1.29 is 13.6 Å². The highest BCUT2D eigenvalue weighted by Gasteiger charge is 2.21. The zero-order valence-corrected chi connectivity index (χ0v) is 13.6. The van der Waals surface area contributed by atoms with E-state index in [9.17, 15) is 13.6 Å². The molecule has 1 aliphatic rings. The molecule has 1 aliphatic heterocycles. The molecule has 0 aromatic heterocycles. The van der Waals surface area contributed by atoms with Crippen molar-refractivity contribution in [1.82, 2.24) is 10.2 Å². The fourth-order valence-electron chi connectivity index (χ4n) is 3.03. The molecule has 1 N–H and O–H groups in total. The molecule has 1 unspecified atom stereocenters. The lowest BCUT2D eigenvalue weighted by Crippen LogP contribution is -2.44. The molecule has 0 aliphatic carbocycles. The van der Waals surface area contributed by atoms with Crippen LogP contribution in [-0.4, -0.2) is 29.9 Å². The fraction of sp³-hybridized carbons (Fsp3) is 0.316. The third-order valence-corrected chi connectivity index (χ3v) is 4.51. The molecule has 1 heterocycles. The van der Waals surface area contributed by atoms with Crippen molar-refractivity contribution >= 4 is 5.91 Å². The number of nitrogens with zero attached hydrogens (tertiary/aromatic N) is 1. The molecule has 3 nitrogen and oxygen atoms in total. The van der Waals surface area contributed by atoms with Gasteiger partial charge in [0.05, 0.1) is 5.56 Å². The van der Waals surface area contributed by atoms with E-state index in [1.165, 1.54) is 11.1 Å². The molecule has 5 heteroatoms. The molecule has 3 rings (SSSR count). The Labute approximate surface area is 140 Å². The van der Waals surface area contributed by atoms with E-state index in [4.69, 9.17) is 0 Å². The van der Waals surface area contributed by atoms with Crippen LogP contribution in [0.4, 0.5) is 8.78 Å². The molecule has 1 amide bonds. The van der Waals surface area contributed by atoms with E-state index >= 15 is 0 Å². The van der Waals surface area contributed by atoms with Crippen molar-refractivity contribution in [1.29, 1.82) is 0 Å². The lowest BCUT2D eigenvalue weighted by Gasteiger charge is -2.33. The van der Waals surface area contributed by atoms with Crippen LogP contribution in [0.15, 0.2) is 42.5 Å². The molecule has 0 radical (unpaired) electrons. The maximum Gasteiger partial charge on any atom is 0.254 e. The highest BCUT2D eigenvalue weighted by molar-refractivity contribution is 5.94. The number of halogens is 2. The zero-order valence-electron chi connectivity index (χ0n) is 13.6. The molecule has 0 spiro atoms. The minimum absolute atomic E-state index is 0.110. The number of amides is 1. The van der Waals surface area contributed by atoms with Gasteiger partial charge in [-0.05, 0) is 42.7 Å². The lowest BCUT2D eigenvalue weighted by atomic mass is 9.99. The SMILES string of the molecule is CC(CNC(=O)c1cc(F)ccc1F)N1CCc2ccccc2C1. The normalized spacial score (nSPS) is 15.6. The Hall–Kier alpha value is -2.27. The first-order chi connectivity index (χ1) is 11.5. The summed E-state index contributed by atoms with van der Waals surface area (Å²) >= 11 is 0. The molecule has 0 saturated carbocycles. The maximum absolute atomic E-state index is 13.6. The highest BCUT2D eigenvalue weighted by Crippen LogP contribution is 2.20. The van der Waals surface area contributed by atoms with Crippen molar-refractivity contribution in [2.45, 2.75) is 25.9 Å². The van der Waals surface area contributed by atoms with Crippen LogP contribution in [0.25, 0.3) is 0 Å². The topological polar surface area (TPSA) is 32.3 Å². The summed E-state index contributed by atoms with van der Waals surface area (Å²) in [6, 6.07) is 11.3. The van der Waals surface area contributed by atoms with Crippen molar-refractivity contribution in [2.24, 2.45) is 0 Å². The number of benzene rings is 2. The van der Waals surface area contributed by atoms with Gasteiger partial charge < -0.3 is 5.32 Å². The summed E-state index contributed by atoms with van der Waals surface area (Å²) in [5.74, 6) is -1.92. The van der Waals surface area contributed by atoms with Crippen molar-refractivity contribution in [3.05, 3.63) is 70.8 Å². The maximum atomic E-state index is 13.6. The van der Waals surface area contributed by atoms with E-state index in [0.29, 0.717) is 6.54 Å². The molecule has 2 aromatic rings. The average molecular weight is 330 g/mol. The fourth-order valence-corrected chi connectivity index (χ4v) is 3.03. The van der Waals surface area contributed by atoms with E-state index in [2.05, 4.69) is 22.3 Å². The van der Waals surface area contributed by atoms with Crippen LogP contribution in [0, 0.1) is 11.6 Å². The van der Waals surface area contributed by atoms with Gasteiger partial charge in [-0.2, -0.15) is 0 Å². The second kappa shape index (κ2) is 7.09. The molecule has 0 saturated heterocycles. The van der Waals surface area contributed by atoms with Crippen LogP contribution in [0.2, 0.25) is 0 Å². The van der Waals surface area contributed by atoms with Crippen LogP contribution in [0.1, 0.15) is 28.4 Å². The molecule has 1 atom stereocenters. The van der Waals surface area contributed by atoms with Crippen LogP contribution in [0.3, 0.4) is 0 Å². The number of hydrogen-bond donors (Lipinski definition) is 1. The number of carbonyl (C=O) groups excluding carboxylic acids is 1. The Morgan fingerprint density at radius 1 is 1.21 bits per heavy atom. The Bertz CT molecular complexity index is 748. The number of nitrogens with one attached hydrogen (secondary N) is 1. The zero-order chi connectivity index (χ0) is 17.1. The van der Waals surface area contributed by atoms with Crippen LogP contribution in [-0.2, 0) is 13.0 Å². The first kappa shape index (κ1) is 16.6. The summed E-state index contributed by atoms with van der Waals surface area (Å²) in [4.78, 5) is 14.3. The van der Waals surface area contributed by atoms with E-state index in [-0.39, 0.29) is 11.6 Å². The second-order valence-corrected chi connectivity index (χ2v) is 6.17. The van der Waals surface area contributed by atoms with Crippen molar-refractivity contribution in [3.8, 4) is 0 Å². The quantitative estimate of drug-likeness (QED) is 0.934. The van der Waals surface area contributed by atoms with Gasteiger partial charge in [-0.25, -0.2) is 8.78 Å². The molecule has 24 heavy (non-hydrogen) atoms. The number of fused-ring (bicyclic) bond motifs is 1. The molecule has 0 fully saturated rings. The van der Waals surface area contributed by atoms with Gasteiger partial charge in [0.1, 0.15) is 11.6 Å². The average Bonchev–Trinajstić information content (AvgIpc) is 2.61. The third-order valence-electron chi connectivity index (χ3n) is 4.51. The monoisotopic (exact) mass is 330 g/mol. The number of rotatable bonds is 4. The minimum Gasteiger partial charge on any atom is -0.350 e. The summed E-state index contributed by atoms with van der Waals surface area (Å²) in [6.45, 7) is 4.16. The summed E-state index contributed by atoms with van der Waals surface area (Å²) in [5, 5.41) is 2.70. The van der Waals surface area contributed by atoms with E-state index < -0.39 is 17.5 Å². The highest BCUT2D eigenvalue weighted by atomic mass is 19.1. The Kier molecular flexibility index (Phi) is 4.90. The van der Waals surface area contributed by atoms with E-state index in [0.717, 1.165) is 37.7 Å². The van der Waals surface area contributed by atoms with Gasteiger partial charge in [-0.1, -0.05) is 24.3 Å². The van der Waals surface area contributed by atoms with Crippen molar-refractivity contribution in [2.75, 3.05) is 13.1 Å². The predicted octanol–water partition coefficient (Wildman–Crippen LogP) is 3.14. The van der Waals surface area contributed by atoms with Gasteiger partial charge in [0.15, 0.2) is 0 Å². The van der Waals surface area contributed by atoms with Gasteiger partial charge in [0, 0.05) is 25.7 Å². The largest absolute Gasteiger partial charge is 0.350 e. The first-order valence-corrected chi connectivity index (χ1v) is 8.08. The molecular formula is C19H20F2N2O. The Morgan fingerprint density at radius 2 is 1.96 bits per heavy atom. The van der Waals surface area contributed by atoms with E-state index in [1.54, 1.807) is 0 Å². The van der Waals surface area contributed by atoms with Crippen LogP contribution >= 0.6 is 0 Å². The molecule has 0 bridgehead atoms. The predicted molar refractivity (Wildman–Crippen MR) is 88.7 cm³/mol. The molecular weight excluding hydrogens is 310 g/mol. The van der Waals surface area contributed by atoms with Gasteiger partial charge in [0.2, 0.25) is 0 Å². The van der Waals surface area contributed by atoms with Gasteiger partial charge in [-0.3, -0.25) is 9.69 Å². The summed E-state index contributed by atoms with van der Waals surface area (Å²) in [5.41, 5.74) is 2.41. The lowest BCUT2D eigenvalue weighted by molar-refractivity contribution is 0.0928. The number of carbonyl (C=O) groups is 1. The van der Waals surface area contributed by atoms with Crippen LogP contribution < -0.4 is 5.32 Å². The van der Waals surface area contributed by atoms with Gasteiger partial charge in [-0.15, -0.1) is 0 Å². The third kappa shape index (κ3) is 3.62. The number of hydrogen-bond acceptors (Lipinski definition) is 2. The smallest absolute Gasteiger partial charge is 0.254 e. The first-order valence-electron chi connectivity index (χ1n) is 8.08. The molecule has 126 valence electrons. The Morgan fingerprint density at radius 3 is 2.75 bits per heavy atom. The Balaban J connectivity index is 1.59. The molecule has 2 aromatic carbocycles. The summed E-state index contributed by atoms with van der Waals surface area (Å²) in [7, 11) is 0. The second-order valence-electron chi connectivity index (χ2n) is 6.17. The van der Waals surface area contributed by atoms with E-state index in [1.807, 2.05) is 19.1 Å². The summed E-state index contributed by atoms with van der Waals surface area (Å²) in [6.07, 6.45) is 0.979. The van der Waals surface area contributed by atoms with Crippen molar-refractivity contribution in [3.63, 3.8) is 0 Å². The standard InChI is InChI=1S/C19H20F2N2O/c1-13(23-9-8-14-4-2-3-5-15(14)12-23)11-22-19(24)17-10-16(20)6-7-18(17)21/h2-7,10,13H,8-9,11-12H2,1H3,(H,22,24). The van der Waals surface area contributed by atoms with Crippen LogP contribution in [0.5, 0.6) is 0 Å². The van der Waals surface area contributed by atoms with Gasteiger partial charge in [0.25, 0.3) is 5.91 Å². The summed E-state index contributed by atoms with van der Waals surface area (Å²) < 4.78 is 26.8.